The van der Waals surface area contributed by atoms with Gasteiger partial charge in [-0.05, 0) is 0 Å². The van der Waals surface area contributed by atoms with Gasteiger partial charge in [-0.25, -0.2) is 0 Å². The van der Waals surface area contributed by atoms with E-state index in [1.54, 1.807) is 6.07 Å². The number of carbonyl (C=O) groups excluding carboxylic acids is 1. The zero-order valence-electron chi connectivity index (χ0n) is 9.12. The van der Waals surface area contributed by atoms with E-state index in [-0.39, 0.29) is 35.1 Å². The molecule has 0 fully saturated rings. The summed E-state index contributed by atoms with van der Waals surface area (Å²) in [6.07, 6.45) is 0.151. The molecule has 0 saturated heterocycles. The third-order valence-electron chi connectivity index (χ3n) is 2.11. The molecule has 1 aromatic rings. The summed E-state index contributed by atoms with van der Waals surface area (Å²) in [6, 6.07) is 2.91. The zero-order valence-corrected chi connectivity index (χ0v) is 9.87. The highest BCUT2D eigenvalue weighted by Gasteiger charge is 2.18. The fourth-order valence-corrected chi connectivity index (χ4v) is 1.52. The topological polar surface area (TPSA) is 55.8 Å². The van der Waals surface area contributed by atoms with E-state index in [9.17, 15) is 9.90 Å². The predicted octanol–water partition coefficient (Wildman–Crippen LogP) is 2.22. The highest BCUT2D eigenvalue weighted by atomic mass is 35.5. The Morgan fingerprint density at radius 2 is 2.06 bits per heavy atom. The van der Waals surface area contributed by atoms with E-state index in [1.165, 1.54) is 20.3 Å². The van der Waals surface area contributed by atoms with Crippen LogP contribution in [0.4, 0.5) is 0 Å². The molecular formula is C11H13ClO4. The summed E-state index contributed by atoms with van der Waals surface area (Å²) in [7, 11) is 2.89. The average molecular weight is 245 g/mol. The number of phenolic OH excluding ortho intramolecular Hbond substituents is 1. The van der Waals surface area contributed by atoms with Crippen molar-refractivity contribution in [2.75, 3.05) is 20.1 Å². The number of rotatable bonds is 5. The van der Waals surface area contributed by atoms with Gasteiger partial charge in [0.15, 0.2) is 5.78 Å². The Morgan fingerprint density at radius 1 is 1.38 bits per heavy atom. The Kier molecular flexibility index (Phi) is 4.43. The number of phenols is 1. The first-order valence-corrected chi connectivity index (χ1v) is 5.21. The highest BCUT2D eigenvalue weighted by Crippen LogP contribution is 2.34. The third-order valence-corrected chi connectivity index (χ3v) is 2.30. The summed E-state index contributed by atoms with van der Waals surface area (Å²) in [4.78, 5) is 11.7. The van der Waals surface area contributed by atoms with Crippen molar-refractivity contribution in [1.29, 1.82) is 0 Å². The van der Waals surface area contributed by atoms with Crippen molar-refractivity contribution >= 4 is 17.4 Å². The van der Waals surface area contributed by atoms with Crippen LogP contribution in [0.2, 0.25) is 0 Å². The van der Waals surface area contributed by atoms with Crippen LogP contribution in [0.3, 0.4) is 0 Å². The molecule has 1 N–H and O–H groups in total. The maximum atomic E-state index is 11.7. The highest BCUT2D eigenvalue weighted by molar-refractivity contribution is 6.20. The number of ether oxygens (including phenoxy) is 2. The van der Waals surface area contributed by atoms with Gasteiger partial charge in [0, 0.05) is 24.4 Å². The first-order valence-electron chi connectivity index (χ1n) is 4.68. The van der Waals surface area contributed by atoms with Gasteiger partial charge in [0.1, 0.15) is 22.8 Å². The maximum Gasteiger partial charge on any atom is 0.171 e. The molecule has 0 aliphatic heterocycles. The van der Waals surface area contributed by atoms with Crippen LogP contribution in [0, 0.1) is 0 Å². The minimum Gasteiger partial charge on any atom is -0.507 e. The Hall–Kier alpha value is -1.42. The number of aromatic hydroxyl groups is 1. The smallest absolute Gasteiger partial charge is 0.171 e. The van der Waals surface area contributed by atoms with Crippen molar-refractivity contribution in [2.24, 2.45) is 0 Å². The largest absolute Gasteiger partial charge is 0.507 e. The molecule has 0 aliphatic rings. The summed E-state index contributed by atoms with van der Waals surface area (Å²) in [5.74, 6) is 0.495. The van der Waals surface area contributed by atoms with Gasteiger partial charge in [-0.3, -0.25) is 4.79 Å². The molecule has 4 nitrogen and oxygen atoms in total. The first-order chi connectivity index (χ1) is 7.63. The lowest BCUT2D eigenvalue weighted by Crippen LogP contribution is -2.04. The number of carbonyl (C=O) groups is 1. The molecule has 0 heterocycles. The fraction of sp³-hybridized carbons (Fsp3) is 0.364. The number of halogens is 1. The summed E-state index contributed by atoms with van der Waals surface area (Å²) in [6.45, 7) is 0. The van der Waals surface area contributed by atoms with Crippen LogP contribution in [-0.2, 0) is 0 Å². The SMILES string of the molecule is COc1cc(O)c(C(=O)CCCl)c(OC)c1. The average Bonchev–Trinajstić information content (AvgIpc) is 2.27. The van der Waals surface area contributed by atoms with Crippen molar-refractivity contribution in [3.63, 3.8) is 0 Å². The Bertz CT molecular complexity index is 390. The monoisotopic (exact) mass is 244 g/mol. The molecule has 0 spiro atoms. The lowest BCUT2D eigenvalue weighted by Gasteiger charge is -2.11. The molecular weight excluding hydrogens is 232 g/mol. The number of hydrogen-bond acceptors (Lipinski definition) is 4. The lowest BCUT2D eigenvalue weighted by atomic mass is 10.1. The van der Waals surface area contributed by atoms with Crippen molar-refractivity contribution in [2.45, 2.75) is 6.42 Å². The molecule has 0 amide bonds. The van der Waals surface area contributed by atoms with Crippen LogP contribution in [0.1, 0.15) is 16.8 Å². The maximum absolute atomic E-state index is 11.7. The van der Waals surface area contributed by atoms with E-state index in [0.717, 1.165) is 0 Å². The number of Topliss-reactive ketones (excluding diaryl/α,β-unsaturated/α-hetero) is 1. The summed E-state index contributed by atoms with van der Waals surface area (Å²) in [5, 5.41) is 9.71. The van der Waals surface area contributed by atoms with Gasteiger partial charge in [-0.1, -0.05) is 0 Å². The molecule has 1 aromatic carbocycles. The molecule has 0 atom stereocenters. The number of benzene rings is 1. The second-order valence-electron chi connectivity index (χ2n) is 3.09. The summed E-state index contributed by atoms with van der Waals surface area (Å²) >= 11 is 5.48. The van der Waals surface area contributed by atoms with Crippen molar-refractivity contribution in [1.82, 2.24) is 0 Å². The van der Waals surface area contributed by atoms with E-state index >= 15 is 0 Å². The van der Waals surface area contributed by atoms with Gasteiger partial charge in [0.05, 0.1) is 14.2 Å². The Morgan fingerprint density at radius 3 is 2.56 bits per heavy atom. The number of hydrogen-bond donors (Lipinski definition) is 1. The molecule has 0 aliphatic carbocycles. The quantitative estimate of drug-likeness (QED) is 0.637. The van der Waals surface area contributed by atoms with Crippen molar-refractivity contribution < 1.29 is 19.4 Å². The third kappa shape index (κ3) is 2.58. The van der Waals surface area contributed by atoms with Crippen LogP contribution >= 0.6 is 11.6 Å². The molecule has 1 rings (SSSR count). The standard InChI is InChI=1S/C11H13ClO4/c1-15-7-5-9(14)11(8(13)3-4-12)10(6-7)16-2/h5-6,14H,3-4H2,1-2H3. The Balaban J connectivity index is 3.21. The van der Waals surface area contributed by atoms with E-state index in [2.05, 4.69) is 0 Å². The minimum absolute atomic E-state index is 0.143. The Labute approximate surface area is 98.7 Å². The van der Waals surface area contributed by atoms with Crippen LogP contribution in [-0.4, -0.2) is 31.0 Å². The summed E-state index contributed by atoms with van der Waals surface area (Å²) < 4.78 is 9.99. The molecule has 5 heteroatoms. The van der Waals surface area contributed by atoms with Gasteiger partial charge < -0.3 is 14.6 Å². The van der Waals surface area contributed by atoms with Crippen molar-refractivity contribution in [3.05, 3.63) is 17.7 Å². The van der Waals surface area contributed by atoms with Gasteiger partial charge in [-0.15, -0.1) is 11.6 Å². The van der Waals surface area contributed by atoms with Gasteiger partial charge in [0.2, 0.25) is 0 Å². The molecule has 16 heavy (non-hydrogen) atoms. The van der Waals surface area contributed by atoms with E-state index in [4.69, 9.17) is 21.1 Å². The lowest BCUT2D eigenvalue weighted by molar-refractivity contribution is 0.0983. The molecule has 0 unspecified atom stereocenters. The minimum atomic E-state index is -0.257. The van der Waals surface area contributed by atoms with E-state index < -0.39 is 0 Å². The van der Waals surface area contributed by atoms with Gasteiger partial charge in [0.25, 0.3) is 0 Å². The van der Waals surface area contributed by atoms with Gasteiger partial charge >= 0.3 is 0 Å². The number of ketones is 1. The van der Waals surface area contributed by atoms with E-state index in [0.29, 0.717) is 5.75 Å². The molecule has 88 valence electrons. The van der Waals surface area contributed by atoms with Crippen LogP contribution in [0.5, 0.6) is 17.2 Å². The molecule has 0 aromatic heterocycles. The fourth-order valence-electron chi connectivity index (χ4n) is 1.35. The number of alkyl halides is 1. The zero-order chi connectivity index (χ0) is 12.1. The second kappa shape index (κ2) is 5.61. The van der Waals surface area contributed by atoms with Crippen LogP contribution < -0.4 is 9.47 Å². The second-order valence-corrected chi connectivity index (χ2v) is 3.46. The molecule has 0 bridgehead atoms. The van der Waals surface area contributed by atoms with E-state index in [1.807, 2.05) is 0 Å². The molecule has 0 radical (unpaired) electrons. The normalized spacial score (nSPS) is 9.94. The first kappa shape index (κ1) is 12.6. The number of methoxy groups -OCH3 is 2. The van der Waals surface area contributed by atoms with Crippen LogP contribution in [0.15, 0.2) is 12.1 Å². The predicted molar refractivity (Wildman–Crippen MR) is 60.9 cm³/mol. The van der Waals surface area contributed by atoms with Crippen molar-refractivity contribution in [3.8, 4) is 17.2 Å². The summed E-state index contributed by atoms with van der Waals surface area (Å²) in [5.41, 5.74) is 0.143. The molecule has 0 saturated carbocycles. The van der Waals surface area contributed by atoms with Gasteiger partial charge in [-0.2, -0.15) is 0 Å². The van der Waals surface area contributed by atoms with Crippen LogP contribution in [0.25, 0.3) is 0 Å².